The molecule has 23 heavy (non-hydrogen) atoms. The Morgan fingerprint density at radius 3 is 3.17 bits per heavy atom. The third kappa shape index (κ3) is 2.61. The molecule has 0 bridgehead atoms. The second-order valence-corrected chi connectivity index (χ2v) is 6.35. The predicted molar refractivity (Wildman–Crippen MR) is 89.6 cm³/mol. The minimum atomic E-state index is 0.0771. The van der Waals surface area contributed by atoms with Gasteiger partial charge in [0.15, 0.2) is 0 Å². The normalized spacial score (nSPS) is 18.0. The van der Waals surface area contributed by atoms with Gasteiger partial charge < -0.3 is 9.88 Å². The highest BCUT2D eigenvalue weighted by Crippen LogP contribution is 2.26. The van der Waals surface area contributed by atoms with Crippen LogP contribution in [0.2, 0.25) is 5.02 Å². The number of halogens is 1. The van der Waals surface area contributed by atoms with Gasteiger partial charge in [-0.3, -0.25) is 9.48 Å². The Morgan fingerprint density at radius 2 is 2.35 bits per heavy atom. The first kappa shape index (κ1) is 14.3. The molecule has 0 aliphatic carbocycles. The van der Waals surface area contributed by atoms with Crippen molar-refractivity contribution in [2.24, 2.45) is 0 Å². The molecule has 3 heterocycles. The predicted octanol–water partition coefficient (Wildman–Crippen LogP) is 3.32. The molecule has 1 aliphatic rings. The molecular formula is C17H17ClN4O. The maximum Gasteiger partial charge on any atom is 0.256 e. The summed E-state index contributed by atoms with van der Waals surface area (Å²) in [6.45, 7) is 1.54. The summed E-state index contributed by atoms with van der Waals surface area (Å²) in [5.74, 6) is 0.0771. The van der Waals surface area contributed by atoms with Crippen molar-refractivity contribution in [1.82, 2.24) is 19.7 Å². The Balaban J connectivity index is 1.61. The van der Waals surface area contributed by atoms with Crippen molar-refractivity contribution in [2.45, 2.75) is 25.4 Å². The van der Waals surface area contributed by atoms with Crippen molar-refractivity contribution >= 4 is 28.4 Å². The molecule has 0 unspecified atom stereocenters. The molecule has 1 aliphatic heterocycles. The zero-order valence-corrected chi connectivity index (χ0v) is 13.3. The number of hydrogen-bond donors (Lipinski definition) is 1. The molecule has 1 atom stereocenters. The van der Waals surface area contributed by atoms with Gasteiger partial charge in [0.2, 0.25) is 0 Å². The first-order valence-corrected chi connectivity index (χ1v) is 8.15. The summed E-state index contributed by atoms with van der Waals surface area (Å²) in [5, 5.41) is 5.84. The number of H-pyrrole nitrogens is 1. The van der Waals surface area contributed by atoms with Crippen molar-refractivity contribution in [3.05, 3.63) is 53.4 Å². The summed E-state index contributed by atoms with van der Waals surface area (Å²) in [6.07, 6.45) is 7.54. The first-order valence-electron chi connectivity index (χ1n) is 7.77. The maximum absolute atomic E-state index is 13.0. The number of rotatable bonds is 3. The molecule has 1 aromatic carbocycles. The summed E-state index contributed by atoms with van der Waals surface area (Å²) in [4.78, 5) is 18.1. The molecule has 1 amide bonds. The summed E-state index contributed by atoms with van der Waals surface area (Å²) in [7, 11) is 0. The number of amides is 1. The van der Waals surface area contributed by atoms with Crippen LogP contribution in [-0.4, -0.2) is 38.2 Å². The monoisotopic (exact) mass is 328 g/mol. The van der Waals surface area contributed by atoms with Crippen LogP contribution < -0.4 is 0 Å². The number of fused-ring (bicyclic) bond motifs is 1. The number of nitrogens with one attached hydrogen (secondary N) is 1. The van der Waals surface area contributed by atoms with Gasteiger partial charge in [-0.25, -0.2) is 0 Å². The zero-order valence-electron chi connectivity index (χ0n) is 12.6. The Kier molecular flexibility index (Phi) is 3.58. The molecule has 1 N–H and O–H groups in total. The number of likely N-dealkylation sites (tertiary alicyclic amines) is 1. The lowest BCUT2D eigenvalue weighted by Crippen LogP contribution is -2.38. The molecule has 0 spiro atoms. The summed E-state index contributed by atoms with van der Waals surface area (Å²) in [6, 6.07) is 7.67. The van der Waals surface area contributed by atoms with Crippen LogP contribution in [0.5, 0.6) is 0 Å². The fraction of sp³-hybridized carbons (Fsp3) is 0.294. The van der Waals surface area contributed by atoms with Gasteiger partial charge in [-0.05, 0) is 31.0 Å². The maximum atomic E-state index is 13.0. The minimum absolute atomic E-state index is 0.0771. The van der Waals surface area contributed by atoms with Gasteiger partial charge in [-0.2, -0.15) is 5.10 Å². The Hall–Kier alpha value is -2.27. The summed E-state index contributed by atoms with van der Waals surface area (Å²) >= 11 is 6.01. The van der Waals surface area contributed by atoms with Crippen LogP contribution >= 0.6 is 11.6 Å². The smallest absolute Gasteiger partial charge is 0.256 e. The van der Waals surface area contributed by atoms with E-state index in [0.29, 0.717) is 10.6 Å². The number of benzene rings is 1. The van der Waals surface area contributed by atoms with Crippen molar-refractivity contribution in [1.29, 1.82) is 0 Å². The average molecular weight is 329 g/mol. The standard InChI is InChI=1S/C17H17ClN4O/c18-12-4-5-14-15(10-19-16(14)9-12)17(23)22-8-1-3-13(22)11-21-7-2-6-20-21/h2,4-7,9-10,13,19H,1,3,8,11H2/t13-/m0/s1. The highest BCUT2D eigenvalue weighted by molar-refractivity contribution is 6.31. The molecule has 2 aromatic heterocycles. The first-order chi connectivity index (χ1) is 11.2. The van der Waals surface area contributed by atoms with Gasteiger partial charge in [-0.1, -0.05) is 17.7 Å². The quantitative estimate of drug-likeness (QED) is 0.802. The molecule has 0 saturated carbocycles. The van der Waals surface area contributed by atoms with Crippen LogP contribution in [0.4, 0.5) is 0 Å². The van der Waals surface area contributed by atoms with Crippen LogP contribution in [0.25, 0.3) is 10.9 Å². The topological polar surface area (TPSA) is 53.9 Å². The summed E-state index contributed by atoms with van der Waals surface area (Å²) < 4.78 is 1.89. The molecule has 118 valence electrons. The Bertz CT molecular complexity index is 840. The van der Waals surface area contributed by atoms with E-state index in [0.717, 1.165) is 36.8 Å². The molecule has 3 aromatic rings. The largest absolute Gasteiger partial charge is 0.360 e. The Morgan fingerprint density at radius 1 is 1.43 bits per heavy atom. The Labute approximate surface area is 138 Å². The van der Waals surface area contributed by atoms with E-state index in [-0.39, 0.29) is 11.9 Å². The highest BCUT2D eigenvalue weighted by Gasteiger charge is 2.30. The van der Waals surface area contributed by atoms with Gasteiger partial charge in [0.25, 0.3) is 5.91 Å². The van der Waals surface area contributed by atoms with Crippen LogP contribution in [0, 0.1) is 0 Å². The third-order valence-electron chi connectivity index (χ3n) is 4.47. The second-order valence-electron chi connectivity index (χ2n) is 5.91. The molecule has 4 rings (SSSR count). The number of nitrogens with zero attached hydrogens (tertiary/aromatic N) is 3. The summed E-state index contributed by atoms with van der Waals surface area (Å²) in [5.41, 5.74) is 1.60. The van der Waals surface area contributed by atoms with Crippen molar-refractivity contribution in [3.63, 3.8) is 0 Å². The third-order valence-corrected chi connectivity index (χ3v) is 4.70. The number of aromatic nitrogens is 3. The molecule has 0 radical (unpaired) electrons. The highest BCUT2D eigenvalue weighted by atomic mass is 35.5. The average Bonchev–Trinajstić information content (AvgIpc) is 3.26. The van der Waals surface area contributed by atoms with Gasteiger partial charge in [0.05, 0.1) is 18.2 Å². The van der Waals surface area contributed by atoms with E-state index in [9.17, 15) is 4.79 Å². The van der Waals surface area contributed by atoms with E-state index >= 15 is 0 Å². The lowest BCUT2D eigenvalue weighted by Gasteiger charge is -2.24. The van der Waals surface area contributed by atoms with Crippen LogP contribution in [0.3, 0.4) is 0 Å². The van der Waals surface area contributed by atoms with Crippen molar-refractivity contribution in [3.8, 4) is 0 Å². The van der Waals surface area contributed by atoms with Crippen molar-refractivity contribution < 1.29 is 4.79 Å². The van der Waals surface area contributed by atoms with E-state index < -0.39 is 0 Å². The fourth-order valence-electron chi connectivity index (χ4n) is 3.35. The molecule has 5 nitrogen and oxygen atoms in total. The number of carbonyl (C=O) groups excluding carboxylic acids is 1. The van der Waals surface area contributed by atoms with Gasteiger partial charge in [0.1, 0.15) is 0 Å². The van der Waals surface area contributed by atoms with Crippen LogP contribution in [-0.2, 0) is 6.54 Å². The minimum Gasteiger partial charge on any atom is -0.360 e. The number of hydrogen-bond acceptors (Lipinski definition) is 2. The van der Waals surface area contributed by atoms with E-state index in [4.69, 9.17) is 11.6 Å². The number of carbonyl (C=O) groups is 1. The zero-order chi connectivity index (χ0) is 15.8. The number of aromatic amines is 1. The van der Waals surface area contributed by atoms with Crippen LogP contribution in [0.15, 0.2) is 42.9 Å². The molecular weight excluding hydrogens is 312 g/mol. The van der Waals surface area contributed by atoms with E-state index in [1.807, 2.05) is 40.0 Å². The van der Waals surface area contributed by atoms with E-state index in [2.05, 4.69) is 10.1 Å². The van der Waals surface area contributed by atoms with Gasteiger partial charge in [-0.15, -0.1) is 0 Å². The fourth-order valence-corrected chi connectivity index (χ4v) is 3.52. The van der Waals surface area contributed by atoms with Crippen LogP contribution in [0.1, 0.15) is 23.2 Å². The SMILES string of the molecule is O=C(c1c[nH]c2cc(Cl)ccc12)N1CCC[C@H]1Cn1cccn1. The molecule has 1 saturated heterocycles. The second kappa shape index (κ2) is 5.74. The van der Waals surface area contributed by atoms with E-state index in [1.54, 1.807) is 12.4 Å². The van der Waals surface area contributed by atoms with Gasteiger partial charge in [0, 0.05) is 41.1 Å². The lowest BCUT2D eigenvalue weighted by atomic mass is 10.1. The molecule has 6 heteroatoms. The van der Waals surface area contributed by atoms with E-state index in [1.165, 1.54) is 0 Å². The lowest BCUT2D eigenvalue weighted by molar-refractivity contribution is 0.0723. The van der Waals surface area contributed by atoms with Gasteiger partial charge >= 0.3 is 0 Å². The molecule has 1 fully saturated rings. The van der Waals surface area contributed by atoms with Crippen molar-refractivity contribution in [2.75, 3.05) is 6.54 Å².